The molecule has 0 spiro atoms. The van der Waals surface area contributed by atoms with Gasteiger partial charge in [0.1, 0.15) is 5.69 Å². The van der Waals surface area contributed by atoms with Crippen LogP contribution in [-0.2, 0) is 6.54 Å². The second-order valence-corrected chi connectivity index (χ2v) is 4.70. The van der Waals surface area contributed by atoms with E-state index in [4.69, 9.17) is 17.3 Å². The minimum absolute atomic E-state index is 0.174. The SMILES string of the molecule is CN(Cc1cccc(Cl)c1)C(=O)c1cc(N)ccn1. The Morgan fingerprint density at radius 2 is 2.16 bits per heavy atom. The van der Waals surface area contributed by atoms with Crippen molar-refractivity contribution in [3.05, 3.63) is 58.9 Å². The van der Waals surface area contributed by atoms with Crippen LogP contribution in [0, 0.1) is 0 Å². The van der Waals surface area contributed by atoms with Crippen molar-refractivity contribution in [1.82, 2.24) is 9.88 Å². The third-order valence-corrected chi connectivity index (χ3v) is 2.89. The molecule has 2 rings (SSSR count). The molecule has 1 aromatic carbocycles. The van der Waals surface area contributed by atoms with E-state index >= 15 is 0 Å². The fraction of sp³-hybridized carbons (Fsp3) is 0.143. The molecule has 2 aromatic rings. The predicted octanol–water partition coefficient (Wildman–Crippen LogP) is 2.59. The number of nitrogens with zero attached hydrogens (tertiary/aromatic N) is 2. The monoisotopic (exact) mass is 275 g/mol. The quantitative estimate of drug-likeness (QED) is 0.937. The normalized spacial score (nSPS) is 10.2. The first kappa shape index (κ1) is 13.4. The van der Waals surface area contributed by atoms with Crippen LogP contribution in [0.15, 0.2) is 42.6 Å². The van der Waals surface area contributed by atoms with E-state index in [-0.39, 0.29) is 5.91 Å². The van der Waals surface area contributed by atoms with Crippen molar-refractivity contribution >= 4 is 23.2 Å². The van der Waals surface area contributed by atoms with Gasteiger partial charge in [0.25, 0.3) is 5.91 Å². The Balaban J connectivity index is 2.12. The van der Waals surface area contributed by atoms with Gasteiger partial charge in [0, 0.05) is 30.5 Å². The van der Waals surface area contributed by atoms with Crippen molar-refractivity contribution in [2.45, 2.75) is 6.54 Å². The molecule has 0 aliphatic rings. The molecule has 0 atom stereocenters. The summed E-state index contributed by atoms with van der Waals surface area (Å²) < 4.78 is 0. The van der Waals surface area contributed by atoms with Crippen LogP contribution in [0.1, 0.15) is 16.1 Å². The molecular formula is C14H14ClN3O. The highest BCUT2D eigenvalue weighted by Gasteiger charge is 2.13. The third-order valence-electron chi connectivity index (χ3n) is 2.66. The number of carbonyl (C=O) groups excluding carboxylic acids is 1. The lowest BCUT2D eigenvalue weighted by molar-refractivity contribution is 0.0779. The van der Waals surface area contributed by atoms with Crippen LogP contribution in [0.25, 0.3) is 0 Å². The molecular weight excluding hydrogens is 262 g/mol. The van der Waals surface area contributed by atoms with Gasteiger partial charge >= 0.3 is 0 Å². The van der Waals surface area contributed by atoms with E-state index in [0.29, 0.717) is 22.9 Å². The third kappa shape index (κ3) is 3.45. The molecule has 2 N–H and O–H groups in total. The van der Waals surface area contributed by atoms with Gasteiger partial charge in [-0.05, 0) is 29.8 Å². The van der Waals surface area contributed by atoms with Crippen LogP contribution in [0.3, 0.4) is 0 Å². The summed E-state index contributed by atoms with van der Waals surface area (Å²) in [6.07, 6.45) is 1.52. The minimum Gasteiger partial charge on any atom is -0.399 e. The fourth-order valence-corrected chi connectivity index (χ4v) is 1.95. The molecule has 0 aliphatic heterocycles. The highest BCUT2D eigenvalue weighted by Crippen LogP contribution is 2.13. The molecule has 1 aromatic heterocycles. The van der Waals surface area contributed by atoms with E-state index in [1.165, 1.54) is 6.20 Å². The molecule has 1 amide bonds. The predicted molar refractivity (Wildman–Crippen MR) is 75.9 cm³/mol. The summed E-state index contributed by atoms with van der Waals surface area (Å²) >= 11 is 5.91. The number of halogens is 1. The molecule has 0 aliphatic carbocycles. The van der Waals surface area contributed by atoms with Gasteiger partial charge in [-0.15, -0.1) is 0 Å². The largest absolute Gasteiger partial charge is 0.399 e. The van der Waals surface area contributed by atoms with Gasteiger partial charge < -0.3 is 10.6 Å². The smallest absolute Gasteiger partial charge is 0.272 e. The van der Waals surface area contributed by atoms with Gasteiger partial charge in [-0.25, -0.2) is 0 Å². The Hall–Kier alpha value is -2.07. The zero-order valence-electron chi connectivity index (χ0n) is 10.5. The molecule has 0 fully saturated rings. The molecule has 0 saturated heterocycles. The van der Waals surface area contributed by atoms with E-state index in [2.05, 4.69) is 4.98 Å². The number of carbonyl (C=O) groups is 1. The molecule has 19 heavy (non-hydrogen) atoms. The molecule has 4 nitrogen and oxygen atoms in total. The van der Waals surface area contributed by atoms with Crippen molar-refractivity contribution in [2.75, 3.05) is 12.8 Å². The summed E-state index contributed by atoms with van der Waals surface area (Å²) in [6, 6.07) is 10.6. The number of nitrogens with two attached hydrogens (primary N) is 1. The van der Waals surface area contributed by atoms with Gasteiger partial charge in [0.2, 0.25) is 0 Å². The van der Waals surface area contributed by atoms with E-state index in [1.54, 1.807) is 30.1 Å². The Kier molecular flexibility index (Phi) is 4.02. The van der Waals surface area contributed by atoms with Crippen LogP contribution >= 0.6 is 11.6 Å². The summed E-state index contributed by atoms with van der Waals surface area (Å²) in [5, 5.41) is 0.653. The number of benzene rings is 1. The number of hydrogen-bond acceptors (Lipinski definition) is 3. The van der Waals surface area contributed by atoms with Crippen molar-refractivity contribution in [2.24, 2.45) is 0 Å². The highest BCUT2D eigenvalue weighted by molar-refractivity contribution is 6.30. The van der Waals surface area contributed by atoms with Crippen LogP contribution in [0.4, 0.5) is 5.69 Å². The highest BCUT2D eigenvalue weighted by atomic mass is 35.5. The Bertz CT molecular complexity index is 601. The first-order valence-corrected chi connectivity index (χ1v) is 6.15. The molecule has 0 radical (unpaired) electrons. The lowest BCUT2D eigenvalue weighted by atomic mass is 10.2. The van der Waals surface area contributed by atoms with E-state index in [1.807, 2.05) is 18.2 Å². The molecule has 0 saturated carbocycles. The number of anilines is 1. The lowest BCUT2D eigenvalue weighted by Crippen LogP contribution is -2.27. The van der Waals surface area contributed by atoms with E-state index in [0.717, 1.165) is 5.56 Å². The number of rotatable bonds is 3. The number of aromatic nitrogens is 1. The van der Waals surface area contributed by atoms with Gasteiger partial charge in [0.05, 0.1) is 0 Å². The molecule has 0 bridgehead atoms. The average Bonchev–Trinajstić information content (AvgIpc) is 2.38. The zero-order valence-corrected chi connectivity index (χ0v) is 11.3. The second kappa shape index (κ2) is 5.71. The number of nitrogen functional groups attached to an aromatic ring is 1. The van der Waals surface area contributed by atoms with E-state index in [9.17, 15) is 4.79 Å². The Morgan fingerprint density at radius 3 is 2.84 bits per heavy atom. The van der Waals surface area contributed by atoms with Crippen molar-refractivity contribution in [3.8, 4) is 0 Å². The first-order chi connectivity index (χ1) is 9.06. The van der Waals surface area contributed by atoms with E-state index < -0.39 is 0 Å². The molecule has 98 valence electrons. The van der Waals surface area contributed by atoms with Gasteiger partial charge in [-0.1, -0.05) is 23.7 Å². The van der Waals surface area contributed by atoms with Crippen LogP contribution < -0.4 is 5.73 Å². The Labute approximate surface area is 116 Å². The summed E-state index contributed by atoms with van der Waals surface area (Å²) in [5.74, 6) is -0.174. The van der Waals surface area contributed by atoms with Crippen molar-refractivity contribution < 1.29 is 4.79 Å². The standard InChI is InChI=1S/C14H14ClN3O/c1-18(9-10-3-2-4-11(15)7-10)14(19)13-8-12(16)5-6-17-13/h2-8H,9H2,1H3,(H2,16,17). The van der Waals surface area contributed by atoms with Crippen LogP contribution in [0.2, 0.25) is 5.02 Å². The minimum atomic E-state index is -0.174. The second-order valence-electron chi connectivity index (χ2n) is 4.27. The van der Waals surface area contributed by atoms with Gasteiger partial charge in [-0.3, -0.25) is 9.78 Å². The Morgan fingerprint density at radius 1 is 1.37 bits per heavy atom. The number of hydrogen-bond donors (Lipinski definition) is 1. The molecule has 1 heterocycles. The summed E-state index contributed by atoms with van der Waals surface area (Å²) in [6.45, 7) is 0.468. The maximum absolute atomic E-state index is 12.2. The summed E-state index contributed by atoms with van der Waals surface area (Å²) in [5.41, 5.74) is 7.47. The van der Waals surface area contributed by atoms with Gasteiger partial charge in [-0.2, -0.15) is 0 Å². The molecule has 0 unspecified atom stereocenters. The number of amides is 1. The fourth-order valence-electron chi connectivity index (χ4n) is 1.74. The van der Waals surface area contributed by atoms with Crippen LogP contribution in [0.5, 0.6) is 0 Å². The summed E-state index contributed by atoms with van der Waals surface area (Å²) in [4.78, 5) is 17.8. The zero-order chi connectivity index (χ0) is 13.8. The van der Waals surface area contributed by atoms with Crippen molar-refractivity contribution in [3.63, 3.8) is 0 Å². The van der Waals surface area contributed by atoms with Crippen molar-refractivity contribution in [1.29, 1.82) is 0 Å². The topological polar surface area (TPSA) is 59.2 Å². The maximum atomic E-state index is 12.2. The first-order valence-electron chi connectivity index (χ1n) is 5.77. The summed E-state index contributed by atoms with van der Waals surface area (Å²) in [7, 11) is 1.72. The number of pyridine rings is 1. The molecule has 5 heteroatoms. The van der Waals surface area contributed by atoms with Gasteiger partial charge in [0.15, 0.2) is 0 Å². The van der Waals surface area contributed by atoms with Crippen LogP contribution in [-0.4, -0.2) is 22.8 Å². The average molecular weight is 276 g/mol. The lowest BCUT2D eigenvalue weighted by Gasteiger charge is -2.17. The maximum Gasteiger partial charge on any atom is 0.272 e.